The molecule has 1 heterocycles. The fourth-order valence-electron chi connectivity index (χ4n) is 1.61. The minimum absolute atomic E-state index is 0.186. The van der Waals surface area contributed by atoms with Crippen LogP contribution in [0.4, 0.5) is 11.6 Å². The molecule has 7 heteroatoms. The van der Waals surface area contributed by atoms with Gasteiger partial charge in [-0.25, -0.2) is 0 Å². The average molecular weight is 326 g/mol. The second-order valence-corrected chi connectivity index (χ2v) is 6.16. The van der Waals surface area contributed by atoms with Crippen LogP contribution in [0, 0.1) is 0 Å². The van der Waals surface area contributed by atoms with E-state index >= 15 is 0 Å². The van der Waals surface area contributed by atoms with Crippen molar-refractivity contribution in [3.63, 3.8) is 0 Å². The Labute approximate surface area is 132 Å². The van der Waals surface area contributed by atoms with E-state index in [0.29, 0.717) is 21.5 Å². The van der Waals surface area contributed by atoms with E-state index in [2.05, 4.69) is 10.5 Å². The van der Waals surface area contributed by atoms with Gasteiger partial charge in [0.05, 0.1) is 16.5 Å². The Morgan fingerprint density at radius 3 is 2.90 bits per heavy atom. The summed E-state index contributed by atoms with van der Waals surface area (Å²) in [6, 6.07) is 6.97. The number of carbonyl (C=O) groups is 1. The Morgan fingerprint density at radius 2 is 2.29 bits per heavy atom. The number of anilines is 2. The molecule has 1 aromatic carbocycles. The molecule has 1 amide bonds. The highest BCUT2D eigenvalue weighted by Gasteiger charge is 2.12. The SMILES string of the molecule is CC(C)c1cc(NC(=O)CSc2c(N)cccc2Cl)on1. The predicted molar refractivity (Wildman–Crippen MR) is 85.8 cm³/mol. The number of thioether (sulfide) groups is 1. The molecule has 0 fully saturated rings. The second kappa shape index (κ2) is 6.87. The lowest BCUT2D eigenvalue weighted by Gasteiger charge is -2.06. The maximum Gasteiger partial charge on any atom is 0.237 e. The van der Waals surface area contributed by atoms with Crippen LogP contribution in [0.25, 0.3) is 0 Å². The molecule has 21 heavy (non-hydrogen) atoms. The van der Waals surface area contributed by atoms with Gasteiger partial charge in [-0.3, -0.25) is 10.1 Å². The molecule has 2 aromatic rings. The molecule has 0 radical (unpaired) electrons. The van der Waals surface area contributed by atoms with Crippen LogP contribution in [-0.2, 0) is 4.79 Å². The van der Waals surface area contributed by atoms with Crippen molar-refractivity contribution in [2.24, 2.45) is 0 Å². The third-order valence-corrected chi connectivity index (χ3v) is 4.31. The Balaban J connectivity index is 1.93. The van der Waals surface area contributed by atoms with Gasteiger partial charge in [-0.1, -0.05) is 36.7 Å². The number of nitrogens with two attached hydrogens (primary N) is 1. The lowest BCUT2D eigenvalue weighted by molar-refractivity contribution is -0.113. The largest absolute Gasteiger partial charge is 0.398 e. The highest BCUT2D eigenvalue weighted by atomic mass is 35.5. The highest BCUT2D eigenvalue weighted by Crippen LogP contribution is 2.32. The van der Waals surface area contributed by atoms with Gasteiger partial charge in [0.15, 0.2) is 0 Å². The minimum Gasteiger partial charge on any atom is -0.398 e. The summed E-state index contributed by atoms with van der Waals surface area (Å²) in [5.74, 6) is 0.574. The van der Waals surface area contributed by atoms with Gasteiger partial charge < -0.3 is 10.3 Å². The van der Waals surface area contributed by atoms with Gasteiger partial charge in [0.2, 0.25) is 11.8 Å². The van der Waals surface area contributed by atoms with E-state index < -0.39 is 0 Å². The summed E-state index contributed by atoms with van der Waals surface area (Å²) in [6.45, 7) is 4.00. The molecule has 112 valence electrons. The molecule has 0 aliphatic carbocycles. The van der Waals surface area contributed by atoms with Gasteiger partial charge in [0.25, 0.3) is 0 Å². The van der Waals surface area contributed by atoms with Crippen LogP contribution < -0.4 is 11.1 Å². The second-order valence-electron chi connectivity index (χ2n) is 4.77. The lowest BCUT2D eigenvalue weighted by Crippen LogP contribution is -2.13. The number of carbonyl (C=O) groups excluding carboxylic acids is 1. The van der Waals surface area contributed by atoms with E-state index in [1.165, 1.54) is 11.8 Å². The predicted octanol–water partition coefficient (Wildman–Crippen LogP) is 3.76. The number of aromatic nitrogens is 1. The van der Waals surface area contributed by atoms with Crippen LogP contribution in [0.5, 0.6) is 0 Å². The van der Waals surface area contributed by atoms with E-state index in [9.17, 15) is 4.79 Å². The fraction of sp³-hybridized carbons (Fsp3) is 0.286. The van der Waals surface area contributed by atoms with Crippen LogP contribution in [0.1, 0.15) is 25.5 Å². The molecule has 0 aliphatic heterocycles. The van der Waals surface area contributed by atoms with Gasteiger partial charge in [-0.2, -0.15) is 0 Å². The Kier molecular flexibility index (Phi) is 5.14. The molecule has 0 spiro atoms. The molecular weight excluding hydrogens is 310 g/mol. The van der Waals surface area contributed by atoms with Crippen molar-refractivity contribution in [2.75, 3.05) is 16.8 Å². The summed E-state index contributed by atoms with van der Waals surface area (Å²) >= 11 is 7.33. The normalized spacial score (nSPS) is 10.9. The molecule has 0 bridgehead atoms. The van der Waals surface area contributed by atoms with Gasteiger partial charge >= 0.3 is 0 Å². The van der Waals surface area contributed by atoms with Crippen LogP contribution in [0.2, 0.25) is 5.02 Å². The number of nitrogen functional groups attached to an aromatic ring is 1. The minimum atomic E-state index is -0.203. The summed E-state index contributed by atoms with van der Waals surface area (Å²) < 4.78 is 5.05. The van der Waals surface area contributed by atoms with Crippen LogP contribution in [-0.4, -0.2) is 16.8 Å². The first kappa shape index (κ1) is 15.7. The van der Waals surface area contributed by atoms with E-state index in [0.717, 1.165) is 5.69 Å². The smallest absolute Gasteiger partial charge is 0.237 e. The molecule has 2 rings (SSSR count). The number of rotatable bonds is 5. The van der Waals surface area contributed by atoms with E-state index in [-0.39, 0.29) is 17.6 Å². The first-order valence-electron chi connectivity index (χ1n) is 6.40. The molecule has 0 unspecified atom stereocenters. The Hall–Kier alpha value is -1.66. The monoisotopic (exact) mass is 325 g/mol. The molecular formula is C14H16ClN3O2S. The molecule has 0 atom stereocenters. The van der Waals surface area contributed by atoms with Gasteiger partial charge in [0.1, 0.15) is 0 Å². The summed E-state index contributed by atoms with van der Waals surface area (Å²) in [6.07, 6.45) is 0. The van der Waals surface area contributed by atoms with Crippen LogP contribution in [0.3, 0.4) is 0 Å². The van der Waals surface area contributed by atoms with Gasteiger partial charge in [0, 0.05) is 16.6 Å². The summed E-state index contributed by atoms with van der Waals surface area (Å²) in [7, 11) is 0. The van der Waals surface area contributed by atoms with Gasteiger partial charge in [-0.05, 0) is 18.1 Å². The zero-order valence-electron chi connectivity index (χ0n) is 11.7. The first-order valence-corrected chi connectivity index (χ1v) is 7.77. The molecule has 1 aromatic heterocycles. The van der Waals surface area contributed by atoms with Crippen molar-refractivity contribution in [1.82, 2.24) is 5.16 Å². The summed E-state index contributed by atoms with van der Waals surface area (Å²) in [5.41, 5.74) is 7.19. The van der Waals surface area contributed by atoms with E-state index in [4.69, 9.17) is 21.9 Å². The highest BCUT2D eigenvalue weighted by molar-refractivity contribution is 8.00. The Bertz CT molecular complexity index is 623. The molecule has 0 saturated carbocycles. The topological polar surface area (TPSA) is 81.2 Å². The van der Waals surface area contributed by atoms with Crippen molar-refractivity contribution >= 4 is 40.8 Å². The van der Waals surface area contributed by atoms with Crippen LogP contribution >= 0.6 is 23.4 Å². The standard InChI is InChI=1S/C14H16ClN3O2S/c1-8(2)11-6-13(20-18-11)17-12(19)7-21-14-9(15)4-3-5-10(14)16/h3-6,8H,7,16H2,1-2H3,(H,17,19). The third-order valence-electron chi connectivity index (χ3n) is 2.73. The maximum atomic E-state index is 11.9. The van der Waals surface area contributed by atoms with Crippen molar-refractivity contribution in [3.05, 3.63) is 35.0 Å². The summed E-state index contributed by atoms with van der Waals surface area (Å²) in [4.78, 5) is 12.6. The number of amides is 1. The number of hydrogen-bond acceptors (Lipinski definition) is 5. The number of halogens is 1. The average Bonchev–Trinajstić information content (AvgIpc) is 2.87. The zero-order valence-corrected chi connectivity index (χ0v) is 13.3. The van der Waals surface area contributed by atoms with E-state index in [1.807, 2.05) is 13.8 Å². The number of nitrogens with zero attached hydrogens (tertiary/aromatic N) is 1. The third kappa shape index (κ3) is 4.15. The number of nitrogens with one attached hydrogen (secondary N) is 1. The number of benzene rings is 1. The first-order chi connectivity index (χ1) is 9.97. The molecule has 0 aliphatic rings. The maximum absolute atomic E-state index is 11.9. The van der Waals surface area contributed by atoms with Crippen molar-refractivity contribution in [3.8, 4) is 0 Å². The summed E-state index contributed by atoms with van der Waals surface area (Å²) in [5, 5.41) is 7.07. The molecule has 5 nitrogen and oxygen atoms in total. The lowest BCUT2D eigenvalue weighted by atomic mass is 10.1. The number of hydrogen-bond donors (Lipinski definition) is 2. The van der Waals surface area contributed by atoms with Crippen molar-refractivity contribution < 1.29 is 9.32 Å². The molecule has 0 saturated heterocycles. The zero-order chi connectivity index (χ0) is 15.4. The fourth-order valence-corrected chi connectivity index (χ4v) is 2.74. The molecule has 3 N–H and O–H groups in total. The van der Waals surface area contributed by atoms with Crippen LogP contribution in [0.15, 0.2) is 33.7 Å². The Morgan fingerprint density at radius 1 is 1.52 bits per heavy atom. The van der Waals surface area contributed by atoms with Gasteiger partial charge in [-0.15, -0.1) is 11.8 Å². The quantitative estimate of drug-likeness (QED) is 0.646. The van der Waals surface area contributed by atoms with Crippen molar-refractivity contribution in [1.29, 1.82) is 0 Å². The van der Waals surface area contributed by atoms with E-state index in [1.54, 1.807) is 24.3 Å². The van der Waals surface area contributed by atoms with Crippen molar-refractivity contribution in [2.45, 2.75) is 24.7 Å².